The molecule has 0 spiro atoms. The van der Waals surface area contributed by atoms with Gasteiger partial charge >= 0.3 is 0 Å². The molecular weight excluding hydrogens is 334 g/mol. The number of ether oxygens (including phenoxy) is 2. The van der Waals surface area contributed by atoms with Gasteiger partial charge < -0.3 is 14.4 Å². The van der Waals surface area contributed by atoms with E-state index in [4.69, 9.17) is 9.47 Å². The van der Waals surface area contributed by atoms with E-state index in [1.165, 1.54) is 6.92 Å². The van der Waals surface area contributed by atoms with Crippen molar-refractivity contribution in [3.63, 3.8) is 0 Å². The van der Waals surface area contributed by atoms with E-state index in [-0.39, 0.29) is 36.0 Å². The maximum atomic E-state index is 13.0. The summed E-state index contributed by atoms with van der Waals surface area (Å²) in [6.45, 7) is 6.01. The molecule has 1 saturated heterocycles. The smallest absolute Gasteiger partial charge is 0.244 e. The first kappa shape index (κ1) is 19.0. The first-order chi connectivity index (χ1) is 12.3. The summed E-state index contributed by atoms with van der Waals surface area (Å²) in [6, 6.07) is 0.0305. The molecule has 144 valence electrons. The third-order valence-corrected chi connectivity index (χ3v) is 6.21. The van der Waals surface area contributed by atoms with Crippen LogP contribution in [-0.4, -0.2) is 64.9 Å². The number of fused-ring (bicyclic) bond motifs is 1. The molecule has 0 radical (unpaired) electrons. The molecule has 1 aliphatic carbocycles. The Balaban J connectivity index is 1.80. The van der Waals surface area contributed by atoms with Gasteiger partial charge in [0.15, 0.2) is 5.78 Å². The number of hydrogen-bond acceptors (Lipinski definition) is 5. The maximum absolute atomic E-state index is 13.0. The molecule has 2 heterocycles. The second kappa shape index (κ2) is 7.12. The van der Waals surface area contributed by atoms with Crippen LogP contribution >= 0.6 is 0 Å². The molecule has 1 aromatic rings. The topological polar surface area (TPSA) is 73.7 Å². The van der Waals surface area contributed by atoms with Gasteiger partial charge in [0.25, 0.3) is 0 Å². The number of carbonyl (C=O) groups is 2. The van der Waals surface area contributed by atoms with Crippen molar-refractivity contribution >= 4 is 11.7 Å². The van der Waals surface area contributed by atoms with Gasteiger partial charge in [-0.2, -0.15) is 5.10 Å². The number of likely N-dealkylation sites (tertiary alicyclic amines) is 1. The fourth-order valence-corrected chi connectivity index (χ4v) is 4.75. The fourth-order valence-electron chi connectivity index (χ4n) is 4.75. The van der Waals surface area contributed by atoms with Crippen molar-refractivity contribution in [3.05, 3.63) is 17.0 Å². The van der Waals surface area contributed by atoms with Crippen LogP contribution in [0.5, 0.6) is 0 Å². The van der Waals surface area contributed by atoms with E-state index >= 15 is 0 Å². The number of Topliss-reactive ketones (excluding diaryl/α,β-unsaturated/α-hetero) is 1. The predicted octanol–water partition coefficient (Wildman–Crippen LogP) is 1.89. The zero-order chi connectivity index (χ0) is 19.1. The average molecular weight is 363 g/mol. The van der Waals surface area contributed by atoms with E-state index < -0.39 is 0 Å². The van der Waals surface area contributed by atoms with E-state index in [0.29, 0.717) is 17.8 Å². The Kier molecular flexibility index (Phi) is 5.21. The van der Waals surface area contributed by atoms with Crippen molar-refractivity contribution in [2.75, 3.05) is 20.8 Å². The van der Waals surface area contributed by atoms with E-state index in [2.05, 4.69) is 5.10 Å². The number of hydrogen-bond donors (Lipinski definition) is 0. The Morgan fingerprint density at radius 3 is 2.58 bits per heavy atom. The highest BCUT2D eigenvalue weighted by atomic mass is 16.5. The summed E-state index contributed by atoms with van der Waals surface area (Å²) in [6.07, 6.45) is 3.68. The Morgan fingerprint density at radius 1 is 1.27 bits per heavy atom. The minimum Gasteiger partial charge on any atom is -0.381 e. The van der Waals surface area contributed by atoms with Crippen molar-refractivity contribution in [3.8, 4) is 0 Å². The quantitative estimate of drug-likeness (QED) is 0.747. The first-order valence-electron chi connectivity index (χ1n) is 9.25. The Bertz CT molecular complexity index is 714. The van der Waals surface area contributed by atoms with Gasteiger partial charge in [0.1, 0.15) is 6.54 Å². The van der Waals surface area contributed by atoms with Crippen molar-refractivity contribution in [1.82, 2.24) is 14.7 Å². The molecule has 1 saturated carbocycles. The lowest BCUT2D eigenvalue weighted by molar-refractivity contribution is -0.141. The van der Waals surface area contributed by atoms with E-state index in [9.17, 15) is 9.59 Å². The maximum Gasteiger partial charge on any atom is 0.244 e. The van der Waals surface area contributed by atoms with Crippen LogP contribution in [0.2, 0.25) is 0 Å². The Hall–Kier alpha value is -1.73. The zero-order valence-corrected chi connectivity index (χ0v) is 16.4. The summed E-state index contributed by atoms with van der Waals surface area (Å²) in [5.74, 6) is -0.000122. The van der Waals surface area contributed by atoms with Crippen LogP contribution < -0.4 is 0 Å². The molecule has 3 atom stereocenters. The van der Waals surface area contributed by atoms with Crippen LogP contribution in [0.1, 0.15) is 54.4 Å². The Morgan fingerprint density at radius 2 is 2.00 bits per heavy atom. The van der Waals surface area contributed by atoms with Crippen molar-refractivity contribution < 1.29 is 19.1 Å². The zero-order valence-electron chi connectivity index (χ0n) is 16.4. The van der Waals surface area contributed by atoms with Crippen LogP contribution in [0.3, 0.4) is 0 Å². The van der Waals surface area contributed by atoms with Crippen LogP contribution in [0.4, 0.5) is 0 Å². The number of nitrogens with zero attached hydrogens (tertiary/aromatic N) is 3. The van der Waals surface area contributed by atoms with Gasteiger partial charge in [0, 0.05) is 26.5 Å². The fraction of sp³-hybridized carbons (Fsp3) is 0.737. The molecule has 0 N–H and O–H groups in total. The molecular formula is C19H29N3O4. The highest BCUT2D eigenvalue weighted by Gasteiger charge is 2.52. The van der Waals surface area contributed by atoms with Crippen LogP contribution in [0.25, 0.3) is 0 Å². The summed E-state index contributed by atoms with van der Waals surface area (Å²) in [5.41, 5.74) is 1.78. The molecule has 2 fully saturated rings. The number of carbonyl (C=O) groups excluding carboxylic acids is 2. The molecule has 3 rings (SSSR count). The predicted molar refractivity (Wildman–Crippen MR) is 96.2 cm³/mol. The van der Waals surface area contributed by atoms with Crippen molar-refractivity contribution in [1.29, 1.82) is 0 Å². The van der Waals surface area contributed by atoms with Crippen molar-refractivity contribution in [2.45, 2.75) is 70.7 Å². The first-order valence-corrected chi connectivity index (χ1v) is 9.25. The average Bonchev–Trinajstić information content (AvgIpc) is 3.12. The molecule has 7 heteroatoms. The number of methoxy groups -OCH3 is 2. The van der Waals surface area contributed by atoms with Gasteiger partial charge in [-0.15, -0.1) is 0 Å². The number of rotatable bonds is 5. The molecule has 1 aromatic heterocycles. The standard InChI is InChI=1S/C19H29N3O4/c1-12-18(14(3)23)13(2)22(20-12)11-17(24)21-9-8-19(26-5)7-6-15(25-4)10-16(19)21/h15-16H,6-11H2,1-5H3/t15-,16+,19-/m1/s1. The SMILES string of the molecule is CO[C@@H]1CC[C@@]2(OC)CCN(C(=O)Cn3nc(C)c(C(C)=O)c3C)[C@H]2C1. The van der Waals surface area contributed by atoms with Crippen LogP contribution in [-0.2, 0) is 20.8 Å². The van der Waals surface area contributed by atoms with Crippen LogP contribution in [0.15, 0.2) is 0 Å². The van der Waals surface area contributed by atoms with Gasteiger partial charge in [-0.25, -0.2) is 0 Å². The molecule has 2 aliphatic rings. The summed E-state index contributed by atoms with van der Waals surface area (Å²) in [5, 5.41) is 4.41. The van der Waals surface area contributed by atoms with Crippen molar-refractivity contribution in [2.24, 2.45) is 0 Å². The van der Waals surface area contributed by atoms with Gasteiger partial charge in [-0.1, -0.05) is 0 Å². The number of amides is 1. The number of aryl methyl sites for hydroxylation is 1. The lowest BCUT2D eigenvalue weighted by Crippen LogP contribution is -2.53. The Labute approximate surface area is 154 Å². The van der Waals surface area contributed by atoms with Gasteiger partial charge in [-0.05, 0) is 46.5 Å². The summed E-state index contributed by atoms with van der Waals surface area (Å²) >= 11 is 0. The van der Waals surface area contributed by atoms with Crippen LogP contribution in [0, 0.1) is 13.8 Å². The third-order valence-electron chi connectivity index (χ3n) is 6.21. The highest BCUT2D eigenvalue weighted by Crippen LogP contribution is 2.43. The van der Waals surface area contributed by atoms with E-state index in [1.807, 2.05) is 11.8 Å². The lowest BCUT2D eigenvalue weighted by atomic mass is 9.79. The lowest BCUT2D eigenvalue weighted by Gasteiger charge is -2.43. The molecule has 26 heavy (non-hydrogen) atoms. The van der Waals surface area contributed by atoms with Gasteiger partial charge in [0.2, 0.25) is 5.91 Å². The monoisotopic (exact) mass is 363 g/mol. The molecule has 0 unspecified atom stereocenters. The van der Waals surface area contributed by atoms with Gasteiger partial charge in [-0.3, -0.25) is 14.3 Å². The molecule has 7 nitrogen and oxygen atoms in total. The summed E-state index contributed by atoms with van der Waals surface area (Å²) in [7, 11) is 3.47. The highest BCUT2D eigenvalue weighted by molar-refractivity contribution is 5.96. The summed E-state index contributed by atoms with van der Waals surface area (Å²) < 4.78 is 13.1. The number of aromatic nitrogens is 2. The second-order valence-electron chi connectivity index (χ2n) is 7.51. The summed E-state index contributed by atoms with van der Waals surface area (Å²) in [4.78, 5) is 26.8. The largest absolute Gasteiger partial charge is 0.381 e. The minimum absolute atomic E-state index is 0.0198. The van der Waals surface area contributed by atoms with Gasteiger partial charge in [0.05, 0.1) is 29.0 Å². The third kappa shape index (κ3) is 3.07. The van der Waals surface area contributed by atoms with E-state index in [1.54, 1.807) is 25.8 Å². The normalized spacial score (nSPS) is 28.3. The van der Waals surface area contributed by atoms with E-state index in [0.717, 1.165) is 31.4 Å². The number of ketones is 1. The second-order valence-corrected chi connectivity index (χ2v) is 7.51. The molecule has 1 amide bonds. The molecule has 1 aliphatic heterocycles. The molecule has 0 bridgehead atoms. The minimum atomic E-state index is -0.260. The molecule has 0 aromatic carbocycles.